The van der Waals surface area contributed by atoms with E-state index >= 15 is 0 Å². The van der Waals surface area contributed by atoms with Crippen molar-refractivity contribution in [3.63, 3.8) is 0 Å². The normalized spacial score (nSPS) is 13.6. The Morgan fingerprint density at radius 2 is 1.94 bits per heavy atom. The first-order valence-electron chi connectivity index (χ1n) is 5.11. The summed E-state index contributed by atoms with van der Waals surface area (Å²) >= 11 is 0. The molecule has 90 valence electrons. The molecule has 0 aliphatic carbocycles. The van der Waals surface area contributed by atoms with Crippen molar-refractivity contribution in [1.29, 1.82) is 0 Å². The molecule has 5 heteroatoms. The van der Waals surface area contributed by atoms with Crippen molar-refractivity contribution in [2.24, 2.45) is 0 Å². The molecule has 0 saturated carbocycles. The summed E-state index contributed by atoms with van der Waals surface area (Å²) in [7, 11) is -1.61. The van der Waals surface area contributed by atoms with Crippen LogP contribution in [0.15, 0.2) is 30.3 Å². The Morgan fingerprint density at radius 1 is 1.31 bits per heavy atom. The molecule has 0 bridgehead atoms. The van der Waals surface area contributed by atoms with Crippen molar-refractivity contribution in [3.05, 3.63) is 35.9 Å². The Balaban J connectivity index is 2.79. The largest absolute Gasteiger partial charge is 0.320 e. The minimum atomic E-state index is -3.43. The molecule has 1 N–H and O–H groups in total. The van der Waals surface area contributed by atoms with Crippen LogP contribution >= 0.6 is 0 Å². The molecule has 0 aliphatic rings. The van der Waals surface area contributed by atoms with Crippen molar-refractivity contribution in [3.8, 4) is 0 Å². The van der Waals surface area contributed by atoms with Gasteiger partial charge in [-0.2, -0.15) is 8.42 Å². The smallest absolute Gasteiger partial charge is 0.264 e. The summed E-state index contributed by atoms with van der Waals surface area (Å²) < 4.78 is 27.3. The van der Waals surface area contributed by atoms with Crippen LogP contribution in [0.2, 0.25) is 0 Å². The molecule has 0 radical (unpaired) electrons. The van der Waals surface area contributed by atoms with E-state index in [4.69, 9.17) is 4.18 Å². The molecule has 0 saturated heterocycles. The van der Waals surface area contributed by atoms with Crippen LogP contribution in [0, 0.1) is 0 Å². The standard InChI is InChI=1S/C11H17NO3S/c1-12-9-8-11(15-16(2,13)14)10-6-4-3-5-7-10/h3-7,11-12H,8-9H2,1-2H3. The lowest BCUT2D eigenvalue weighted by Crippen LogP contribution is -2.16. The Bertz CT molecular complexity index is 402. The molecule has 16 heavy (non-hydrogen) atoms. The van der Waals surface area contributed by atoms with Gasteiger partial charge in [-0.25, -0.2) is 0 Å². The zero-order valence-corrected chi connectivity index (χ0v) is 10.3. The van der Waals surface area contributed by atoms with Gasteiger partial charge in [0.1, 0.15) is 6.10 Å². The average Bonchev–Trinajstić information content (AvgIpc) is 2.24. The van der Waals surface area contributed by atoms with Crippen molar-refractivity contribution >= 4 is 10.1 Å². The summed E-state index contributed by atoms with van der Waals surface area (Å²) in [5, 5.41) is 2.98. The fraction of sp³-hybridized carbons (Fsp3) is 0.455. The molecule has 0 aromatic heterocycles. The van der Waals surface area contributed by atoms with Crippen LogP contribution in [-0.4, -0.2) is 28.3 Å². The molecular weight excluding hydrogens is 226 g/mol. The van der Waals surface area contributed by atoms with Gasteiger partial charge in [0.25, 0.3) is 10.1 Å². The van der Waals surface area contributed by atoms with Gasteiger partial charge in [-0.1, -0.05) is 30.3 Å². The summed E-state index contributed by atoms with van der Waals surface area (Å²) in [6.45, 7) is 0.703. The van der Waals surface area contributed by atoms with Gasteiger partial charge >= 0.3 is 0 Å². The molecule has 4 nitrogen and oxygen atoms in total. The number of hydrogen-bond donors (Lipinski definition) is 1. The lowest BCUT2D eigenvalue weighted by molar-refractivity contribution is 0.205. The van der Waals surface area contributed by atoms with E-state index in [0.29, 0.717) is 13.0 Å². The van der Waals surface area contributed by atoms with E-state index in [-0.39, 0.29) is 0 Å². The fourth-order valence-corrected chi connectivity index (χ4v) is 2.05. The van der Waals surface area contributed by atoms with E-state index in [9.17, 15) is 8.42 Å². The van der Waals surface area contributed by atoms with Gasteiger partial charge in [-0.05, 0) is 25.6 Å². The maximum atomic E-state index is 11.1. The van der Waals surface area contributed by atoms with E-state index in [2.05, 4.69) is 5.32 Å². The highest BCUT2D eigenvalue weighted by Gasteiger charge is 2.16. The lowest BCUT2D eigenvalue weighted by Gasteiger charge is -2.16. The highest BCUT2D eigenvalue weighted by Crippen LogP contribution is 2.22. The molecule has 0 heterocycles. The summed E-state index contributed by atoms with van der Waals surface area (Å²) in [5.41, 5.74) is 0.878. The third-order valence-corrected chi connectivity index (χ3v) is 2.70. The predicted molar refractivity (Wildman–Crippen MR) is 63.7 cm³/mol. The van der Waals surface area contributed by atoms with Crippen molar-refractivity contribution < 1.29 is 12.6 Å². The van der Waals surface area contributed by atoms with Crippen LogP contribution in [0.1, 0.15) is 18.1 Å². The van der Waals surface area contributed by atoms with Crippen LogP contribution in [0.25, 0.3) is 0 Å². The van der Waals surface area contributed by atoms with Crippen LogP contribution < -0.4 is 5.32 Å². The molecule has 1 aromatic rings. The highest BCUT2D eigenvalue weighted by atomic mass is 32.2. The van der Waals surface area contributed by atoms with Crippen molar-refractivity contribution in [2.45, 2.75) is 12.5 Å². The maximum absolute atomic E-state index is 11.1. The van der Waals surface area contributed by atoms with Crippen LogP contribution in [-0.2, 0) is 14.3 Å². The minimum absolute atomic E-state index is 0.413. The first-order chi connectivity index (χ1) is 7.53. The molecule has 0 amide bonds. The Labute approximate surface area is 96.8 Å². The lowest BCUT2D eigenvalue weighted by atomic mass is 10.1. The molecule has 1 unspecified atom stereocenters. The van der Waals surface area contributed by atoms with Crippen molar-refractivity contribution in [2.75, 3.05) is 19.8 Å². The van der Waals surface area contributed by atoms with Crippen LogP contribution in [0.5, 0.6) is 0 Å². The molecule has 0 fully saturated rings. The molecule has 1 atom stereocenters. The Kier molecular flexibility index (Phi) is 4.92. The third kappa shape index (κ3) is 4.74. The Morgan fingerprint density at radius 3 is 2.44 bits per heavy atom. The topological polar surface area (TPSA) is 55.4 Å². The van der Waals surface area contributed by atoms with Gasteiger partial charge in [0.05, 0.1) is 6.26 Å². The van der Waals surface area contributed by atoms with E-state index in [1.807, 2.05) is 37.4 Å². The molecule has 1 rings (SSSR count). The van der Waals surface area contributed by atoms with E-state index in [1.54, 1.807) is 0 Å². The van der Waals surface area contributed by atoms with E-state index in [0.717, 1.165) is 11.8 Å². The van der Waals surface area contributed by atoms with Crippen LogP contribution in [0.3, 0.4) is 0 Å². The van der Waals surface area contributed by atoms with Gasteiger partial charge < -0.3 is 5.32 Å². The van der Waals surface area contributed by atoms with Gasteiger partial charge in [-0.3, -0.25) is 4.18 Å². The van der Waals surface area contributed by atoms with Gasteiger partial charge in [0.15, 0.2) is 0 Å². The summed E-state index contributed by atoms with van der Waals surface area (Å²) in [6.07, 6.45) is 1.28. The molecular formula is C11H17NO3S. The van der Waals surface area contributed by atoms with Crippen LogP contribution in [0.4, 0.5) is 0 Å². The second-order valence-electron chi connectivity index (χ2n) is 3.59. The van der Waals surface area contributed by atoms with Gasteiger partial charge in [-0.15, -0.1) is 0 Å². The minimum Gasteiger partial charge on any atom is -0.320 e. The third-order valence-electron chi connectivity index (χ3n) is 2.12. The number of hydrogen-bond acceptors (Lipinski definition) is 4. The highest BCUT2D eigenvalue weighted by molar-refractivity contribution is 7.86. The monoisotopic (exact) mass is 243 g/mol. The fourth-order valence-electron chi connectivity index (χ4n) is 1.42. The van der Waals surface area contributed by atoms with Gasteiger partial charge in [0.2, 0.25) is 0 Å². The SMILES string of the molecule is CNCCC(OS(C)(=O)=O)c1ccccc1. The summed E-state index contributed by atoms with van der Waals surface area (Å²) in [4.78, 5) is 0. The second kappa shape index (κ2) is 5.98. The zero-order valence-electron chi connectivity index (χ0n) is 9.51. The number of rotatable bonds is 6. The van der Waals surface area contributed by atoms with E-state index < -0.39 is 16.2 Å². The predicted octanol–water partition coefficient (Wildman–Crippen LogP) is 1.31. The maximum Gasteiger partial charge on any atom is 0.264 e. The first kappa shape index (κ1) is 13.2. The van der Waals surface area contributed by atoms with Crippen molar-refractivity contribution in [1.82, 2.24) is 5.32 Å². The molecule has 1 aromatic carbocycles. The van der Waals surface area contributed by atoms with E-state index in [1.165, 1.54) is 0 Å². The summed E-state index contributed by atoms with van der Waals surface area (Å²) in [5.74, 6) is 0. The molecule has 0 spiro atoms. The Hall–Kier alpha value is -0.910. The molecule has 0 aliphatic heterocycles. The first-order valence-corrected chi connectivity index (χ1v) is 6.92. The second-order valence-corrected chi connectivity index (χ2v) is 5.19. The quantitative estimate of drug-likeness (QED) is 0.765. The summed E-state index contributed by atoms with van der Waals surface area (Å²) in [6, 6.07) is 9.36. The number of nitrogens with one attached hydrogen (secondary N) is 1. The number of benzene rings is 1. The average molecular weight is 243 g/mol. The zero-order chi connectivity index (χ0) is 12.0. The van der Waals surface area contributed by atoms with Gasteiger partial charge in [0, 0.05) is 0 Å².